The number of nitrogens with one attached hydrogen (secondary N) is 2. The monoisotopic (exact) mass is 686 g/mol. The Morgan fingerprint density at radius 1 is 0.592 bits per heavy atom. The molecule has 0 saturated carbocycles. The lowest BCUT2D eigenvalue weighted by atomic mass is 9.49. The molecule has 1 aromatic carbocycles. The molecule has 15 heteroatoms. The highest BCUT2D eigenvalue weighted by molar-refractivity contribution is 7.11. The van der Waals surface area contributed by atoms with Gasteiger partial charge in [0, 0.05) is 0 Å². The summed E-state index contributed by atoms with van der Waals surface area (Å²) in [6, 6.07) is 5.16. The first-order valence-electron chi connectivity index (χ1n) is 17.2. The van der Waals surface area contributed by atoms with Crippen molar-refractivity contribution >= 4 is 50.2 Å². The highest BCUT2D eigenvalue weighted by Crippen LogP contribution is 2.48. The van der Waals surface area contributed by atoms with E-state index in [9.17, 15) is 9.59 Å². The highest BCUT2D eigenvalue weighted by atomic mass is 16.7. The van der Waals surface area contributed by atoms with Crippen molar-refractivity contribution in [1.29, 1.82) is 0 Å². The number of rotatable bonds is 7. The molecule has 12 nitrogen and oxygen atoms in total. The fourth-order valence-electron chi connectivity index (χ4n) is 5.82. The fourth-order valence-corrected chi connectivity index (χ4v) is 5.82. The van der Waals surface area contributed by atoms with Crippen LogP contribution in [0.5, 0.6) is 0 Å². The van der Waals surface area contributed by atoms with Gasteiger partial charge in [-0.15, -0.1) is 0 Å². The summed E-state index contributed by atoms with van der Waals surface area (Å²) >= 11 is 0. The summed E-state index contributed by atoms with van der Waals surface area (Å²) in [5, 5.41) is 5.49. The van der Waals surface area contributed by atoms with Gasteiger partial charge in [-0.2, -0.15) is 0 Å². The summed E-state index contributed by atoms with van der Waals surface area (Å²) < 4.78 is 49.7. The lowest BCUT2D eigenvalue weighted by Crippen LogP contribution is -2.50. The molecular weight excluding hydrogens is 629 g/mol. The normalized spacial score (nSPS) is 27.3. The minimum absolute atomic E-state index is 0.302. The summed E-state index contributed by atoms with van der Waals surface area (Å²) in [7, 11) is -2.13. The molecule has 2 N–H and O–H groups in total. The van der Waals surface area contributed by atoms with Gasteiger partial charge in [-0.1, -0.05) is 6.07 Å². The maximum Gasteiger partial charge on any atom is 0.494 e. The Morgan fingerprint density at radius 2 is 1.00 bits per heavy atom. The van der Waals surface area contributed by atoms with Crippen LogP contribution in [0.1, 0.15) is 124 Å². The molecule has 2 unspecified atom stereocenters. The molecular formula is C34H57B3N2O10. The molecule has 0 spiro atoms. The lowest BCUT2D eigenvalue weighted by Gasteiger charge is -2.42. The number of hydrogen-bond acceptors (Lipinski definition) is 10. The van der Waals surface area contributed by atoms with Crippen molar-refractivity contribution in [2.24, 2.45) is 0 Å². The van der Waals surface area contributed by atoms with Crippen molar-refractivity contribution in [2.75, 3.05) is 10.6 Å². The second-order valence-corrected chi connectivity index (χ2v) is 17.8. The molecule has 0 bridgehead atoms. The van der Waals surface area contributed by atoms with E-state index in [2.05, 4.69) is 10.6 Å². The zero-order valence-electron chi connectivity index (χ0n) is 32.5. The highest BCUT2D eigenvalue weighted by Gasteiger charge is 2.65. The van der Waals surface area contributed by atoms with Crippen molar-refractivity contribution in [2.45, 2.75) is 168 Å². The van der Waals surface area contributed by atoms with Gasteiger partial charge < -0.3 is 37.4 Å². The molecule has 1 aromatic rings. The van der Waals surface area contributed by atoms with Gasteiger partial charge >= 0.3 is 33.3 Å². The van der Waals surface area contributed by atoms with Crippen molar-refractivity contribution in [1.82, 2.24) is 0 Å². The topological polar surface area (TPSA) is 132 Å². The SMILES string of the molecule is CC(C)(C)OC(=O)Nc1ccc(B2OC(C)(C)C(C)(CCC3(C)OB(B4OC(C)(C)C(C)(C)O4)OC3(C)C)O2)cc1NC(=O)OC(C)(C)C. The third-order valence-corrected chi connectivity index (χ3v) is 10.3. The van der Waals surface area contributed by atoms with Crippen molar-refractivity contribution in [3.8, 4) is 0 Å². The van der Waals surface area contributed by atoms with E-state index in [1.165, 1.54) is 0 Å². The maximum absolute atomic E-state index is 12.8. The van der Waals surface area contributed by atoms with Crippen LogP contribution in [-0.4, -0.2) is 78.1 Å². The predicted octanol–water partition coefficient (Wildman–Crippen LogP) is 6.68. The maximum atomic E-state index is 12.8. The smallest absolute Gasteiger partial charge is 0.444 e. The largest absolute Gasteiger partial charge is 0.494 e. The zero-order valence-corrected chi connectivity index (χ0v) is 32.5. The lowest BCUT2D eigenvalue weighted by molar-refractivity contribution is -0.0576. The summed E-state index contributed by atoms with van der Waals surface area (Å²) in [6.07, 6.45) is -0.165. The molecule has 2 amide bonds. The van der Waals surface area contributed by atoms with Crippen LogP contribution in [0.15, 0.2) is 18.2 Å². The molecule has 3 aliphatic heterocycles. The van der Waals surface area contributed by atoms with Gasteiger partial charge in [0.15, 0.2) is 0 Å². The Kier molecular flexibility index (Phi) is 10.3. The van der Waals surface area contributed by atoms with Gasteiger partial charge in [0.05, 0.1) is 45.0 Å². The minimum atomic E-state index is -0.770. The number of carbonyl (C=O) groups is 2. The number of hydrogen-bond donors (Lipinski definition) is 2. The van der Waals surface area contributed by atoms with Crippen LogP contribution in [0.4, 0.5) is 21.0 Å². The average Bonchev–Trinajstić information content (AvgIpc) is 3.37. The van der Waals surface area contributed by atoms with Crippen LogP contribution in [0.2, 0.25) is 0 Å². The Hall–Kier alpha value is -2.29. The van der Waals surface area contributed by atoms with Crippen LogP contribution < -0.4 is 16.1 Å². The first-order chi connectivity index (χ1) is 22.0. The third-order valence-electron chi connectivity index (χ3n) is 10.3. The summed E-state index contributed by atoms with van der Waals surface area (Å²) in [6.45, 7) is 30.8. The van der Waals surface area contributed by atoms with Gasteiger partial charge in [-0.05, 0) is 141 Å². The number of benzene rings is 1. The van der Waals surface area contributed by atoms with E-state index in [0.717, 1.165) is 0 Å². The molecule has 49 heavy (non-hydrogen) atoms. The Balaban J connectivity index is 1.53. The van der Waals surface area contributed by atoms with E-state index in [1.807, 2.05) is 69.2 Å². The standard InChI is InChI=1S/C34H57B3N2O10/c1-27(2,3)42-25(40)38-23-18-17-22(21-24(23)39-26(41)43-28(4,5)6)35-44-31(11,12)33(15,48-35)19-20-34(16)32(13,14)47-37(49-34)36-45-29(7,8)30(9,10)46-36/h17-18,21H,19-20H2,1-16H3,(H,38,40)(H,39,41). The number of carbonyl (C=O) groups excluding carboxylic acids is 2. The average molecular weight is 686 g/mol. The van der Waals surface area contributed by atoms with Gasteiger partial charge in [0.1, 0.15) is 11.2 Å². The van der Waals surface area contributed by atoms with Crippen molar-refractivity contribution < 1.29 is 47.0 Å². The Labute approximate surface area is 294 Å². The molecule has 3 saturated heterocycles. The van der Waals surface area contributed by atoms with E-state index < -0.39 is 78.1 Å². The molecule has 0 radical (unpaired) electrons. The van der Waals surface area contributed by atoms with Crippen molar-refractivity contribution in [3.63, 3.8) is 0 Å². The Morgan fingerprint density at radius 3 is 1.49 bits per heavy atom. The molecule has 2 atom stereocenters. The van der Waals surface area contributed by atoms with Crippen LogP contribution in [0.3, 0.4) is 0 Å². The van der Waals surface area contributed by atoms with Crippen LogP contribution >= 0.6 is 0 Å². The molecule has 272 valence electrons. The second kappa shape index (κ2) is 12.7. The number of ether oxygens (including phenoxy) is 2. The van der Waals surface area contributed by atoms with Crippen LogP contribution in [0, 0.1) is 0 Å². The molecule has 3 fully saturated rings. The van der Waals surface area contributed by atoms with Gasteiger partial charge in [-0.25, -0.2) is 9.59 Å². The van der Waals surface area contributed by atoms with E-state index in [-0.39, 0.29) is 0 Å². The van der Waals surface area contributed by atoms with Gasteiger partial charge in [0.2, 0.25) is 0 Å². The summed E-state index contributed by atoms with van der Waals surface area (Å²) in [4.78, 5) is 25.5. The minimum Gasteiger partial charge on any atom is -0.444 e. The fraction of sp³-hybridized carbons (Fsp3) is 0.765. The molecule has 3 aliphatic rings. The third kappa shape index (κ3) is 8.61. The van der Waals surface area contributed by atoms with E-state index >= 15 is 0 Å². The van der Waals surface area contributed by atoms with Gasteiger partial charge in [-0.3, -0.25) is 10.6 Å². The quantitative estimate of drug-likeness (QED) is 0.300. The molecule has 4 rings (SSSR count). The Bertz CT molecular complexity index is 1410. The van der Waals surface area contributed by atoms with E-state index in [4.69, 9.17) is 37.4 Å². The summed E-state index contributed by atoms with van der Waals surface area (Å²) in [5.41, 5.74) is -3.99. The second-order valence-electron chi connectivity index (χ2n) is 17.8. The van der Waals surface area contributed by atoms with E-state index in [1.54, 1.807) is 59.7 Å². The van der Waals surface area contributed by atoms with Crippen LogP contribution in [-0.2, 0) is 37.4 Å². The van der Waals surface area contributed by atoms with Crippen molar-refractivity contribution in [3.05, 3.63) is 18.2 Å². The molecule has 0 aromatic heterocycles. The number of anilines is 2. The molecule has 3 heterocycles. The number of amides is 2. The van der Waals surface area contributed by atoms with E-state index in [0.29, 0.717) is 29.7 Å². The molecule has 0 aliphatic carbocycles. The first kappa shape index (κ1) is 39.5. The predicted molar refractivity (Wildman–Crippen MR) is 192 cm³/mol. The first-order valence-corrected chi connectivity index (χ1v) is 17.2. The zero-order chi connectivity index (χ0) is 37.2. The summed E-state index contributed by atoms with van der Waals surface area (Å²) in [5.74, 6) is 0. The van der Waals surface area contributed by atoms with Gasteiger partial charge in [0.25, 0.3) is 0 Å². The van der Waals surface area contributed by atoms with Crippen LogP contribution in [0.25, 0.3) is 0 Å².